The first-order valence-electron chi connectivity index (χ1n) is 6.65. The Kier molecular flexibility index (Phi) is 3.87. The van der Waals surface area contributed by atoms with Gasteiger partial charge in [-0.15, -0.1) is 16.4 Å². The largest absolute Gasteiger partial charge is 0.346 e. The third-order valence-electron chi connectivity index (χ3n) is 2.95. The Morgan fingerprint density at radius 3 is 3.24 bits per heavy atom. The molecule has 0 radical (unpaired) electrons. The Bertz CT molecular complexity index is 765. The van der Waals surface area contributed by atoms with Gasteiger partial charge in [0.15, 0.2) is 5.65 Å². The van der Waals surface area contributed by atoms with Crippen LogP contribution in [0.25, 0.3) is 5.65 Å². The third kappa shape index (κ3) is 3.05. The predicted octanol–water partition coefficient (Wildman–Crippen LogP) is 1.46. The summed E-state index contributed by atoms with van der Waals surface area (Å²) in [6.45, 7) is 2.55. The van der Waals surface area contributed by atoms with E-state index in [9.17, 15) is 4.79 Å². The van der Waals surface area contributed by atoms with Gasteiger partial charge in [-0.3, -0.25) is 4.79 Å². The Balaban J connectivity index is 1.65. The number of carbonyl (C=O) groups excluding carboxylic acids is 1. The van der Waals surface area contributed by atoms with Crippen LogP contribution in [-0.4, -0.2) is 30.9 Å². The van der Waals surface area contributed by atoms with Crippen LogP contribution in [0.5, 0.6) is 0 Å². The number of hydrogen-bond donors (Lipinski definition) is 1. The predicted molar refractivity (Wildman–Crippen MR) is 78.1 cm³/mol. The molecule has 3 heterocycles. The number of tetrazole rings is 1. The van der Waals surface area contributed by atoms with Crippen molar-refractivity contribution in [2.24, 2.45) is 0 Å². The zero-order valence-electron chi connectivity index (χ0n) is 11.5. The van der Waals surface area contributed by atoms with Gasteiger partial charge in [0.25, 0.3) is 5.91 Å². The number of rotatable bonds is 5. The van der Waals surface area contributed by atoms with Crippen LogP contribution >= 0.6 is 11.3 Å². The summed E-state index contributed by atoms with van der Waals surface area (Å²) in [5.41, 5.74) is 1.96. The Morgan fingerprint density at radius 1 is 1.48 bits per heavy atom. The molecule has 0 spiro atoms. The monoisotopic (exact) mass is 302 g/mol. The minimum atomic E-state index is -0.162. The molecule has 0 aliphatic heterocycles. The molecular weight excluding hydrogens is 288 g/mol. The molecule has 0 aromatic carbocycles. The van der Waals surface area contributed by atoms with Crippen molar-refractivity contribution in [2.75, 3.05) is 0 Å². The number of hydrogen-bond acceptors (Lipinski definition) is 6. The zero-order chi connectivity index (χ0) is 14.7. The van der Waals surface area contributed by atoms with E-state index < -0.39 is 0 Å². The maximum Gasteiger partial charge on any atom is 0.251 e. The van der Waals surface area contributed by atoms with Gasteiger partial charge in [0.05, 0.1) is 17.2 Å². The second-order valence-electron chi connectivity index (χ2n) is 4.56. The molecule has 0 unspecified atom stereocenters. The van der Waals surface area contributed by atoms with Crippen LogP contribution in [0.2, 0.25) is 0 Å². The van der Waals surface area contributed by atoms with Crippen molar-refractivity contribution in [1.82, 2.24) is 30.3 Å². The van der Waals surface area contributed by atoms with Gasteiger partial charge in [-0.05, 0) is 35.4 Å². The number of fused-ring (bicyclic) bond motifs is 1. The van der Waals surface area contributed by atoms with Crippen LogP contribution in [0.15, 0.2) is 23.7 Å². The fourth-order valence-corrected chi connectivity index (χ4v) is 2.81. The minimum Gasteiger partial charge on any atom is -0.346 e. The molecule has 0 fully saturated rings. The molecule has 21 heavy (non-hydrogen) atoms. The van der Waals surface area contributed by atoms with Crippen LogP contribution in [0.1, 0.15) is 34.4 Å². The zero-order valence-corrected chi connectivity index (χ0v) is 12.3. The summed E-state index contributed by atoms with van der Waals surface area (Å²) in [4.78, 5) is 16.6. The quantitative estimate of drug-likeness (QED) is 0.771. The summed E-state index contributed by atoms with van der Waals surface area (Å²) < 4.78 is 1.51. The Morgan fingerprint density at radius 2 is 2.38 bits per heavy atom. The van der Waals surface area contributed by atoms with Gasteiger partial charge >= 0.3 is 0 Å². The highest BCUT2D eigenvalue weighted by Crippen LogP contribution is 2.11. The molecule has 0 aliphatic carbocycles. The average Bonchev–Trinajstić information content (AvgIpc) is 3.13. The average molecular weight is 302 g/mol. The van der Waals surface area contributed by atoms with Gasteiger partial charge in [0.1, 0.15) is 0 Å². The van der Waals surface area contributed by atoms with Gasteiger partial charge in [0.2, 0.25) is 0 Å². The smallest absolute Gasteiger partial charge is 0.251 e. The Labute approximate surface area is 125 Å². The SMILES string of the molecule is CCCc1nc(CNC(=O)c2ccn3nnnc3c2)cs1. The fraction of sp³-hybridized carbons (Fsp3) is 0.308. The second-order valence-corrected chi connectivity index (χ2v) is 5.50. The van der Waals surface area contributed by atoms with Crippen LogP contribution in [-0.2, 0) is 13.0 Å². The summed E-state index contributed by atoms with van der Waals surface area (Å²) >= 11 is 1.63. The number of pyridine rings is 1. The van der Waals surface area contributed by atoms with Crippen LogP contribution in [0.3, 0.4) is 0 Å². The summed E-state index contributed by atoms with van der Waals surface area (Å²) in [7, 11) is 0. The Hall–Kier alpha value is -2.35. The molecule has 0 atom stereocenters. The van der Waals surface area contributed by atoms with E-state index in [1.807, 2.05) is 5.38 Å². The van der Waals surface area contributed by atoms with Crippen molar-refractivity contribution in [3.05, 3.63) is 40.0 Å². The van der Waals surface area contributed by atoms with Crippen molar-refractivity contribution in [3.63, 3.8) is 0 Å². The van der Waals surface area contributed by atoms with Gasteiger partial charge < -0.3 is 5.32 Å². The van der Waals surface area contributed by atoms with Gasteiger partial charge in [-0.1, -0.05) is 6.92 Å². The molecule has 108 valence electrons. The van der Waals surface area contributed by atoms with Crippen molar-refractivity contribution >= 4 is 22.9 Å². The minimum absolute atomic E-state index is 0.162. The molecule has 3 rings (SSSR count). The summed E-state index contributed by atoms with van der Waals surface area (Å²) in [5.74, 6) is -0.162. The van der Waals surface area contributed by atoms with Crippen molar-refractivity contribution < 1.29 is 4.79 Å². The molecule has 3 aromatic heterocycles. The van der Waals surface area contributed by atoms with E-state index in [2.05, 4.69) is 32.7 Å². The molecule has 0 bridgehead atoms. The lowest BCUT2D eigenvalue weighted by molar-refractivity contribution is 0.0950. The van der Waals surface area contributed by atoms with Crippen molar-refractivity contribution in [2.45, 2.75) is 26.3 Å². The maximum absolute atomic E-state index is 12.1. The third-order valence-corrected chi connectivity index (χ3v) is 3.91. The van der Waals surface area contributed by atoms with Gasteiger partial charge in [0, 0.05) is 17.1 Å². The topological polar surface area (TPSA) is 85.1 Å². The molecule has 1 amide bonds. The lowest BCUT2D eigenvalue weighted by Gasteiger charge is -2.03. The molecule has 0 saturated heterocycles. The van der Waals surface area contributed by atoms with E-state index >= 15 is 0 Å². The summed E-state index contributed by atoms with van der Waals surface area (Å²) in [5, 5.41) is 17.0. The van der Waals surface area contributed by atoms with Gasteiger partial charge in [-0.25, -0.2) is 9.50 Å². The number of carbonyl (C=O) groups is 1. The maximum atomic E-state index is 12.1. The van der Waals surface area contributed by atoms with Crippen LogP contribution in [0, 0.1) is 0 Å². The molecule has 0 aliphatic rings. The first kappa shape index (κ1) is 13.6. The number of nitrogens with zero attached hydrogens (tertiary/aromatic N) is 5. The van der Waals surface area contributed by atoms with E-state index in [0.717, 1.165) is 23.5 Å². The first-order chi connectivity index (χ1) is 10.3. The van der Waals surface area contributed by atoms with Crippen molar-refractivity contribution in [3.8, 4) is 0 Å². The van der Waals surface area contributed by atoms with E-state index in [1.165, 1.54) is 4.52 Å². The summed E-state index contributed by atoms with van der Waals surface area (Å²) in [6, 6.07) is 3.33. The number of thiazole rings is 1. The molecule has 7 nitrogen and oxygen atoms in total. The lowest BCUT2D eigenvalue weighted by Crippen LogP contribution is -2.23. The molecule has 0 saturated carbocycles. The van der Waals surface area contributed by atoms with E-state index in [1.54, 1.807) is 29.7 Å². The number of aromatic nitrogens is 5. The summed E-state index contributed by atoms with van der Waals surface area (Å²) in [6.07, 6.45) is 3.72. The second kappa shape index (κ2) is 5.96. The molecule has 8 heteroatoms. The van der Waals surface area contributed by atoms with Crippen molar-refractivity contribution in [1.29, 1.82) is 0 Å². The number of aryl methyl sites for hydroxylation is 1. The molecule has 3 aromatic rings. The van der Waals surface area contributed by atoms with Crippen LogP contribution < -0.4 is 5.32 Å². The normalized spacial score (nSPS) is 10.9. The molecule has 1 N–H and O–H groups in total. The standard InChI is InChI=1S/C13H14N6OS/c1-2-3-12-15-10(8-21-12)7-14-13(20)9-4-5-19-11(6-9)16-17-18-19/h4-6,8H,2-3,7H2,1H3,(H,14,20). The highest BCUT2D eigenvalue weighted by molar-refractivity contribution is 7.09. The first-order valence-corrected chi connectivity index (χ1v) is 7.53. The highest BCUT2D eigenvalue weighted by atomic mass is 32.1. The van der Waals surface area contributed by atoms with E-state index in [4.69, 9.17) is 0 Å². The molecular formula is C13H14N6OS. The van der Waals surface area contributed by atoms with Gasteiger partial charge in [-0.2, -0.15) is 0 Å². The number of amides is 1. The van der Waals surface area contributed by atoms with E-state index in [0.29, 0.717) is 17.8 Å². The number of nitrogens with one attached hydrogen (secondary N) is 1. The fourth-order valence-electron chi connectivity index (χ4n) is 1.91. The van der Waals surface area contributed by atoms with Crippen LogP contribution in [0.4, 0.5) is 0 Å². The van der Waals surface area contributed by atoms with E-state index in [-0.39, 0.29) is 5.91 Å². The lowest BCUT2D eigenvalue weighted by atomic mass is 10.2. The highest BCUT2D eigenvalue weighted by Gasteiger charge is 2.09.